The lowest BCUT2D eigenvalue weighted by atomic mass is 10.0. The van der Waals surface area contributed by atoms with Gasteiger partial charge in [0.1, 0.15) is 12.4 Å². The highest BCUT2D eigenvalue weighted by molar-refractivity contribution is 6.05. The van der Waals surface area contributed by atoms with Crippen LogP contribution >= 0.6 is 0 Å². The van der Waals surface area contributed by atoms with Gasteiger partial charge in [-0.2, -0.15) is 0 Å². The molecule has 3 aromatic rings. The van der Waals surface area contributed by atoms with Crippen LogP contribution < -0.4 is 20.5 Å². The van der Waals surface area contributed by atoms with Gasteiger partial charge in [-0.25, -0.2) is 4.39 Å². The fourth-order valence-electron chi connectivity index (χ4n) is 4.24. The zero-order valence-corrected chi connectivity index (χ0v) is 20.1. The van der Waals surface area contributed by atoms with Crippen LogP contribution in [0.1, 0.15) is 42.1 Å². The minimum absolute atomic E-state index is 0.0879. The van der Waals surface area contributed by atoms with Crippen molar-refractivity contribution >= 4 is 16.8 Å². The number of nitrogens with two attached hydrogens (primary N) is 1. The average Bonchev–Trinajstić information content (AvgIpc) is 3.57. The summed E-state index contributed by atoms with van der Waals surface area (Å²) in [6, 6.07) is 10.4. The van der Waals surface area contributed by atoms with Crippen LogP contribution in [0.2, 0.25) is 0 Å². The van der Waals surface area contributed by atoms with Crippen LogP contribution in [0.3, 0.4) is 0 Å². The molecular formula is C27H34FN3O4. The molecule has 4 rings (SSSR count). The molecule has 0 bridgehead atoms. The second kappa shape index (κ2) is 11.6. The molecule has 1 aliphatic rings. The van der Waals surface area contributed by atoms with Crippen molar-refractivity contribution < 1.29 is 23.8 Å². The number of aliphatic hydroxyl groups excluding tert-OH is 1. The number of halogens is 1. The van der Waals surface area contributed by atoms with Crippen LogP contribution in [-0.4, -0.2) is 48.0 Å². The Morgan fingerprint density at radius 1 is 1.23 bits per heavy atom. The van der Waals surface area contributed by atoms with Crippen LogP contribution in [0.15, 0.2) is 42.6 Å². The van der Waals surface area contributed by atoms with E-state index in [0.29, 0.717) is 62.1 Å². The summed E-state index contributed by atoms with van der Waals surface area (Å²) in [4.78, 5) is 12.2. The molecule has 0 unspecified atom stereocenters. The Morgan fingerprint density at radius 2 is 2.06 bits per heavy atom. The number of aromatic nitrogens is 1. The van der Waals surface area contributed by atoms with Gasteiger partial charge in [-0.05, 0) is 74.4 Å². The molecule has 0 saturated heterocycles. The lowest BCUT2D eigenvalue weighted by Gasteiger charge is -2.17. The number of primary amides is 1. The van der Waals surface area contributed by atoms with Gasteiger partial charge in [0.05, 0.1) is 17.7 Å². The number of ether oxygens (including phenoxy) is 2. The first-order chi connectivity index (χ1) is 16.9. The molecule has 1 atom stereocenters. The van der Waals surface area contributed by atoms with E-state index in [9.17, 15) is 9.18 Å². The number of nitrogens with one attached hydrogen (secondary N) is 1. The summed E-state index contributed by atoms with van der Waals surface area (Å²) in [5, 5.41) is 13.5. The van der Waals surface area contributed by atoms with Gasteiger partial charge in [0, 0.05) is 43.4 Å². The largest absolute Gasteiger partial charge is 0.489 e. The minimum atomic E-state index is -0.468. The van der Waals surface area contributed by atoms with E-state index in [4.69, 9.17) is 20.3 Å². The molecule has 1 aliphatic carbocycles. The van der Waals surface area contributed by atoms with Gasteiger partial charge in [0.2, 0.25) is 0 Å². The van der Waals surface area contributed by atoms with Crippen molar-refractivity contribution in [2.75, 3.05) is 26.4 Å². The third kappa shape index (κ3) is 6.74. The number of fused-ring (bicyclic) bond motifs is 1. The SMILES string of the molecule is C[C@H](Cc1cc(C(N)=O)c2c(ccn2CCCO)c1)NCCOc1cc(F)ccc1OCC1CC1. The maximum absolute atomic E-state index is 13.7. The molecule has 1 heterocycles. The van der Waals surface area contributed by atoms with Gasteiger partial charge in [-0.3, -0.25) is 4.79 Å². The summed E-state index contributed by atoms with van der Waals surface area (Å²) in [6.07, 6.45) is 5.60. The summed E-state index contributed by atoms with van der Waals surface area (Å²) < 4.78 is 27.3. The number of carbonyl (C=O) groups is 1. The lowest BCUT2D eigenvalue weighted by Crippen LogP contribution is -2.32. The topological polar surface area (TPSA) is 98.7 Å². The van der Waals surface area contributed by atoms with E-state index in [1.165, 1.54) is 25.0 Å². The normalized spacial score (nSPS) is 14.3. The summed E-state index contributed by atoms with van der Waals surface area (Å²) in [5.41, 5.74) is 7.98. The number of aryl methyl sites for hydroxylation is 1. The molecule has 35 heavy (non-hydrogen) atoms. The Labute approximate surface area is 205 Å². The Balaban J connectivity index is 1.32. The van der Waals surface area contributed by atoms with Gasteiger partial charge >= 0.3 is 0 Å². The Kier molecular flexibility index (Phi) is 8.25. The van der Waals surface area contributed by atoms with Crippen molar-refractivity contribution in [3.05, 3.63) is 59.5 Å². The highest BCUT2D eigenvalue weighted by Crippen LogP contribution is 2.33. The molecule has 8 heteroatoms. The monoisotopic (exact) mass is 483 g/mol. The number of benzene rings is 2. The van der Waals surface area contributed by atoms with Crippen molar-refractivity contribution in [1.29, 1.82) is 0 Å². The highest BCUT2D eigenvalue weighted by atomic mass is 19.1. The summed E-state index contributed by atoms with van der Waals surface area (Å²) in [5.74, 6) is 0.770. The zero-order valence-electron chi connectivity index (χ0n) is 20.1. The molecule has 2 aromatic carbocycles. The van der Waals surface area contributed by atoms with Crippen molar-refractivity contribution in [2.24, 2.45) is 11.7 Å². The third-order valence-corrected chi connectivity index (χ3v) is 6.21. The van der Waals surface area contributed by atoms with Gasteiger partial charge in [0.15, 0.2) is 11.5 Å². The van der Waals surface area contributed by atoms with E-state index in [-0.39, 0.29) is 18.5 Å². The minimum Gasteiger partial charge on any atom is -0.489 e. The molecule has 1 fully saturated rings. The Hall–Kier alpha value is -3.10. The van der Waals surface area contributed by atoms with E-state index in [1.807, 2.05) is 22.9 Å². The average molecular weight is 484 g/mol. The van der Waals surface area contributed by atoms with E-state index in [1.54, 1.807) is 6.07 Å². The van der Waals surface area contributed by atoms with E-state index >= 15 is 0 Å². The van der Waals surface area contributed by atoms with E-state index in [2.05, 4.69) is 18.3 Å². The molecule has 1 amide bonds. The molecule has 0 spiro atoms. The van der Waals surface area contributed by atoms with Crippen LogP contribution in [0, 0.1) is 11.7 Å². The second-order valence-electron chi connectivity index (χ2n) is 9.28. The molecule has 0 aliphatic heterocycles. The molecule has 0 radical (unpaired) electrons. The Bertz CT molecular complexity index is 1160. The van der Waals surface area contributed by atoms with Crippen LogP contribution in [0.5, 0.6) is 11.5 Å². The van der Waals surface area contributed by atoms with Crippen molar-refractivity contribution in [1.82, 2.24) is 9.88 Å². The molecule has 7 nitrogen and oxygen atoms in total. The number of aliphatic hydroxyl groups is 1. The van der Waals surface area contributed by atoms with Gasteiger partial charge in [0.25, 0.3) is 5.91 Å². The number of hydrogen-bond donors (Lipinski definition) is 3. The van der Waals surface area contributed by atoms with Crippen molar-refractivity contribution in [3.63, 3.8) is 0 Å². The van der Waals surface area contributed by atoms with Crippen molar-refractivity contribution in [3.8, 4) is 11.5 Å². The first-order valence-corrected chi connectivity index (χ1v) is 12.3. The van der Waals surface area contributed by atoms with Crippen LogP contribution in [0.4, 0.5) is 4.39 Å². The molecule has 1 aromatic heterocycles. The summed E-state index contributed by atoms with van der Waals surface area (Å²) in [6.45, 7) is 4.35. The number of amides is 1. The Morgan fingerprint density at radius 3 is 2.80 bits per heavy atom. The van der Waals surface area contributed by atoms with Crippen LogP contribution in [0.25, 0.3) is 10.9 Å². The fraction of sp³-hybridized carbons (Fsp3) is 0.444. The van der Waals surface area contributed by atoms with E-state index in [0.717, 1.165) is 16.5 Å². The molecule has 1 saturated carbocycles. The molecule has 188 valence electrons. The van der Waals surface area contributed by atoms with Gasteiger partial charge in [-0.15, -0.1) is 0 Å². The number of hydrogen-bond acceptors (Lipinski definition) is 5. The van der Waals surface area contributed by atoms with Gasteiger partial charge in [-0.1, -0.05) is 0 Å². The lowest BCUT2D eigenvalue weighted by molar-refractivity contribution is 0.100. The van der Waals surface area contributed by atoms with Crippen molar-refractivity contribution in [2.45, 2.75) is 45.2 Å². The maximum Gasteiger partial charge on any atom is 0.250 e. The van der Waals surface area contributed by atoms with E-state index < -0.39 is 5.91 Å². The first kappa shape index (κ1) is 25.0. The zero-order chi connectivity index (χ0) is 24.8. The number of carbonyl (C=O) groups excluding carboxylic acids is 1. The predicted octanol–water partition coefficient (Wildman–Crippen LogP) is 3.65. The fourth-order valence-corrected chi connectivity index (χ4v) is 4.24. The van der Waals surface area contributed by atoms with Crippen LogP contribution in [-0.2, 0) is 13.0 Å². The second-order valence-corrected chi connectivity index (χ2v) is 9.28. The van der Waals surface area contributed by atoms with Gasteiger partial charge < -0.3 is 30.2 Å². The number of rotatable bonds is 14. The standard InChI is InChI=1S/C27H34FN3O4/c1-18(30-8-12-34-25-16-22(28)5-6-24(25)35-17-19-3-4-19)13-20-14-21-7-10-31(9-2-11-32)26(21)23(15-20)27(29)33/h5-7,10,14-16,18-19,30,32H,2-4,8-9,11-13,17H2,1H3,(H2,29,33)/t18-/m1/s1. The highest BCUT2D eigenvalue weighted by Gasteiger charge is 2.22. The first-order valence-electron chi connectivity index (χ1n) is 12.3. The third-order valence-electron chi connectivity index (χ3n) is 6.21. The smallest absolute Gasteiger partial charge is 0.250 e. The quantitative estimate of drug-likeness (QED) is 0.304. The number of nitrogens with zero attached hydrogens (tertiary/aromatic N) is 1. The molecular weight excluding hydrogens is 449 g/mol. The maximum atomic E-state index is 13.7. The predicted molar refractivity (Wildman–Crippen MR) is 133 cm³/mol. The molecule has 4 N–H and O–H groups in total. The summed E-state index contributed by atoms with van der Waals surface area (Å²) >= 11 is 0. The summed E-state index contributed by atoms with van der Waals surface area (Å²) in [7, 11) is 0.